The predicted octanol–water partition coefficient (Wildman–Crippen LogP) is 19.4. The van der Waals surface area contributed by atoms with Crippen molar-refractivity contribution in [3.8, 4) is 0 Å². The molecule has 0 amide bonds. The van der Waals surface area contributed by atoms with Crippen molar-refractivity contribution in [2.75, 3.05) is 13.2 Å². The van der Waals surface area contributed by atoms with Crippen LogP contribution in [0.1, 0.15) is 239 Å². The second kappa shape index (κ2) is 58.1. The van der Waals surface area contributed by atoms with E-state index < -0.39 is 12.1 Å². The summed E-state index contributed by atoms with van der Waals surface area (Å²) >= 11 is 0. The molecular weight excluding hydrogens is 877 g/mol. The Bertz CT molecular complexity index is 1550. The Morgan fingerprint density at radius 1 is 0.296 bits per heavy atom. The Balaban J connectivity index is 4.58. The second-order valence-corrected chi connectivity index (χ2v) is 18.4. The minimum absolute atomic E-state index is 0.121. The maximum atomic E-state index is 12.8. The summed E-state index contributed by atoms with van der Waals surface area (Å²) in [6.45, 7) is 6.32. The SMILES string of the molecule is CC/C=C\C/C=C\C/C=C\C/C=C\C/C=C\C/C=C\CCC(=O)O[C@H](COC(=O)CCCCC/C=C\C/C=C\C/C=C\C/C=C\C/C=C\CC)COC(=O)CCCCCCCCCCCCCCCCC. The van der Waals surface area contributed by atoms with Crippen LogP contribution in [0.2, 0.25) is 0 Å². The summed E-state index contributed by atoms with van der Waals surface area (Å²) in [7, 11) is 0. The lowest BCUT2D eigenvalue weighted by atomic mass is 10.0. The third-order valence-electron chi connectivity index (χ3n) is 11.7. The lowest BCUT2D eigenvalue weighted by molar-refractivity contribution is -0.166. The number of carbonyl (C=O) groups is 3. The van der Waals surface area contributed by atoms with Crippen LogP contribution in [0.25, 0.3) is 0 Å². The smallest absolute Gasteiger partial charge is 0.306 e. The van der Waals surface area contributed by atoms with E-state index in [9.17, 15) is 14.4 Å². The van der Waals surface area contributed by atoms with Gasteiger partial charge in [0.1, 0.15) is 13.2 Å². The highest BCUT2D eigenvalue weighted by Gasteiger charge is 2.19. The molecule has 0 aliphatic rings. The first kappa shape index (κ1) is 66.6. The average Bonchev–Trinajstić information content (AvgIpc) is 3.37. The Kier molecular flexibility index (Phi) is 54.5. The maximum Gasteiger partial charge on any atom is 0.306 e. The number of esters is 3. The zero-order chi connectivity index (χ0) is 51.4. The Morgan fingerprint density at radius 3 is 0.915 bits per heavy atom. The summed E-state index contributed by atoms with van der Waals surface area (Å²) in [6, 6.07) is 0. The van der Waals surface area contributed by atoms with Crippen LogP contribution in [0.3, 0.4) is 0 Å². The van der Waals surface area contributed by atoms with Gasteiger partial charge in [0.25, 0.3) is 0 Å². The molecular formula is C65H104O6. The van der Waals surface area contributed by atoms with Gasteiger partial charge in [0.15, 0.2) is 6.10 Å². The van der Waals surface area contributed by atoms with Gasteiger partial charge in [-0.2, -0.15) is 0 Å². The molecule has 0 aromatic carbocycles. The first-order chi connectivity index (χ1) is 35.0. The monoisotopic (exact) mass is 981 g/mol. The highest BCUT2D eigenvalue weighted by Crippen LogP contribution is 2.15. The highest BCUT2D eigenvalue weighted by molar-refractivity contribution is 5.71. The predicted molar refractivity (Wildman–Crippen MR) is 306 cm³/mol. The normalized spacial score (nSPS) is 13.1. The number of hydrogen-bond acceptors (Lipinski definition) is 6. The van der Waals surface area contributed by atoms with Crippen LogP contribution in [0, 0.1) is 0 Å². The molecule has 0 saturated carbocycles. The summed E-state index contributed by atoms with van der Waals surface area (Å²) < 4.78 is 16.8. The number of unbranched alkanes of at least 4 members (excludes halogenated alkanes) is 17. The molecule has 0 rings (SSSR count). The quantitative estimate of drug-likeness (QED) is 0.0262. The van der Waals surface area contributed by atoms with Gasteiger partial charge in [-0.1, -0.05) is 251 Å². The summed E-state index contributed by atoms with van der Waals surface area (Å²) in [5, 5.41) is 0. The molecule has 0 fully saturated rings. The molecule has 0 N–H and O–H groups in total. The number of ether oxygens (including phenoxy) is 3. The van der Waals surface area contributed by atoms with Crippen LogP contribution in [-0.4, -0.2) is 37.2 Å². The van der Waals surface area contributed by atoms with Gasteiger partial charge in [0.05, 0.1) is 0 Å². The molecule has 6 nitrogen and oxygen atoms in total. The largest absolute Gasteiger partial charge is 0.462 e. The molecule has 0 aliphatic heterocycles. The van der Waals surface area contributed by atoms with E-state index in [1.807, 2.05) is 12.2 Å². The van der Waals surface area contributed by atoms with Gasteiger partial charge >= 0.3 is 17.9 Å². The van der Waals surface area contributed by atoms with E-state index in [1.165, 1.54) is 77.0 Å². The summed E-state index contributed by atoms with van der Waals surface area (Å²) in [6.07, 6.45) is 81.6. The van der Waals surface area contributed by atoms with Crippen molar-refractivity contribution < 1.29 is 28.6 Å². The van der Waals surface area contributed by atoms with Gasteiger partial charge in [-0.05, 0) is 103 Å². The summed E-state index contributed by atoms with van der Waals surface area (Å²) in [5.74, 6) is -1.04. The molecule has 0 bridgehead atoms. The number of rotatable bonds is 50. The van der Waals surface area contributed by atoms with Gasteiger partial charge in [0, 0.05) is 19.3 Å². The van der Waals surface area contributed by atoms with Crippen molar-refractivity contribution in [1.29, 1.82) is 0 Å². The summed E-state index contributed by atoms with van der Waals surface area (Å²) in [5.41, 5.74) is 0. The molecule has 0 radical (unpaired) electrons. The standard InChI is InChI=1S/C65H104O6/c1-4-7-10-13-16-19-22-25-28-30-32-34-37-40-43-46-49-52-55-58-64(67)70-61-62(60-69-63(66)57-54-51-48-45-42-39-36-27-24-21-18-15-12-9-6-3)71-65(68)59-56-53-50-47-44-41-38-35-33-31-29-26-23-20-17-14-11-8-5-2/h7-8,10-11,16-17,19-20,25-26,28-29,32-35,40-41,43-44,50,53,62H,4-6,9,12-15,18,21-24,27,30-31,36-39,42,45-49,51-52,54-61H2,1-3H3/b10-7-,11-8-,19-16-,20-17-,28-25-,29-26-,34-32-,35-33-,43-40-,44-41-,53-50-/t62-/m0/s1. The van der Waals surface area contributed by atoms with Gasteiger partial charge in [-0.3, -0.25) is 14.4 Å². The van der Waals surface area contributed by atoms with Crippen molar-refractivity contribution in [3.63, 3.8) is 0 Å². The van der Waals surface area contributed by atoms with Crippen molar-refractivity contribution in [2.45, 2.75) is 245 Å². The molecule has 1 atom stereocenters. The molecule has 71 heavy (non-hydrogen) atoms. The molecule has 0 spiro atoms. The fourth-order valence-electron chi connectivity index (χ4n) is 7.44. The molecule has 400 valence electrons. The van der Waals surface area contributed by atoms with Crippen molar-refractivity contribution in [2.24, 2.45) is 0 Å². The van der Waals surface area contributed by atoms with E-state index in [1.54, 1.807) is 0 Å². The van der Waals surface area contributed by atoms with Crippen molar-refractivity contribution in [1.82, 2.24) is 0 Å². The summed E-state index contributed by atoms with van der Waals surface area (Å²) in [4.78, 5) is 38.1. The van der Waals surface area contributed by atoms with E-state index in [-0.39, 0.29) is 31.6 Å². The Hall–Kier alpha value is -4.45. The van der Waals surface area contributed by atoms with Crippen LogP contribution >= 0.6 is 0 Å². The lowest BCUT2D eigenvalue weighted by Gasteiger charge is -2.18. The average molecular weight is 982 g/mol. The fraction of sp³-hybridized carbons (Fsp3) is 0.615. The number of carbonyl (C=O) groups excluding carboxylic acids is 3. The molecule has 0 aliphatic carbocycles. The molecule has 6 heteroatoms. The first-order valence-corrected chi connectivity index (χ1v) is 28.7. The second-order valence-electron chi connectivity index (χ2n) is 18.4. The number of hydrogen-bond donors (Lipinski definition) is 0. The van der Waals surface area contributed by atoms with Gasteiger partial charge < -0.3 is 14.2 Å². The topological polar surface area (TPSA) is 78.9 Å². The van der Waals surface area contributed by atoms with Crippen LogP contribution in [0.15, 0.2) is 134 Å². The van der Waals surface area contributed by atoms with Crippen LogP contribution in [-0.2, 0) is 28.6 Å². The van der Waals surface area contributed by atoms with E-state index in [4.69, 9.17) is 14.2 Å². The zero-order valence-electron chi connectivity index (χ0n) is 45.7. The lowest BCUT2D eigenvalue weighted by Crippen LogP contribution is -2.30. The van der Waals surface area contributed by atoms with E-state index in [2.05, 4.69) is 142 Å². The first-order valence-electron chi connectivity index (χ1n) is 28.7. The van der Waals surface area contributed by atoms with Crippen molar-refractivity contribution in [3.05, 3.63) is 134 Å². The highest BCUT2D eigenvalue weighted by atomic mass is 16.6. The van der Waals surface area contributed by atoms with Crippen LogP contribution in [0.5, 0.6) is 0 Å². The third kappa shape index (κ3) is 56.3. The molecule has 0 heterocycles. The molecule has 0 aromatic heterocycles. The van der Waals surface area contributed by atoms with Crippen LogP contribution in [0.4, 0.5) is 0 Å². The zero-order valence-corrected chi connectivity index (χ0v) is 45.7. The molecule has 0 saturated heterocycles. The number of allylic oxidation sites excluding steroid dienone is 22. The van der Waals surface area contributed by atoms with E-state index in [0.717, 1.165) is 116 Å². The molecule has 0 unspecified atom stereocenters. The van der Waals surface area contributed by atoms with Crippen LogP contribution < -0.4 is 0 Å². The van der Waals surface area contributed by atoms with E-state index in [0.29, 0.717) is 19.3 Å². The minimum Gasteiger partial charge on any atom is -0.462 e. The van der Waals surface area contributed by atoms with Gasteiger partial charge in [0.2, 0.25) is 0 Å². The third-order valence-corrected chi connectivity index (χ3v) is 11.7. The van der Waals surface area contributed by atoms with Gasteiger partial charge in [-0.25, -0.2) is 0 Å². The van der Waals surface area contributed by atoms with Gasteiger partial charge in [-0.15, -0.1) is 0 Å². The van der Waals surface area contributed by atoms with E-state index >= 15 is 0 Å². The maximum absolute atomic E-state index is 12.8. The Morgan fingerprint density at radius 2 is 0.577 bits per heavy atom. The fourth-order valence-corrected chi connectivity index (χ4v) is 7.44. The van der Waals surface area contributed by atoms with Crippen molar-refractivity contribution >= 4 is 17.9 Å². The minimum atomic E-state index is -0.836. The molecule has 0 aromatic rings. The Labute approximate surface area is 436 Å².